The second kappa shape index (κ2) is 2.60. The van der Waals surface area contributed by atoms with Gasteiger partial charge in [0.1, 0.15) is 5.78 Å². The molecular formula is C12H19NO. The fourth-order valence-electron chi connectivity index (χ4n) is 4.60. The van der Waals surface area contributed by atoms with Crippen LogP contribution in [0.2, 0.25) is 0 Å². The summed E-state index contributed by atoms with van der Waals surface area (Å²) in [5.41, 5.74) is 6.12. The molecule has 2 N–H and O–H groups in total. The molecule has 4 aliphatic rings. The first-order chi connectivity index (χ1) is 6.62. The Morgan fingerprint density at radius 3 is 2.50 bits per heavy atom. The third kappa shape index (κ3) is 0.928. The third-order valence-electron chi connectivity index (χ3n) is 5.18. The number of ketones is 1. The van der Waals surface area contributed by atoms with Crippen LogP contribution in [-0.2, 0) is 4.79 Å². The smallest absolute Gasteiger partial charge is 0.136 e. The molecule has 0 heterocycles. The standard InChI is InChI=1S/C12H19NO/c1-7(14)12-5-9-3-10(12)2-8(9)4-11(13)6-12/h8-11H,2-6,13H2,1H3. The highest BCUT2D eigenvalue weighted by Gasteiger charge is 2.59. The Morgan fingerprint density at radius 1 is 1.21 bits per heavy atom. The van der Waals surface area contributed by atoms with Gasteiger partial charge in [0.25, 0.3) is 0 Å². The van der Waals surface area contributed by atoms with Gasteiger partial charge in [-0.2, -0.15) is 0 Å². The van der Waals surface area contributed by atoms with E-state index in [1.807, 2.05) is 0 Å². The Morgan fingerprint density at radius 2 is 1.93 bits per heavy atom. The van der Waals surface area contributed by atoms with E-state index < -0.39 is 0 Å². The lowest BCUT2D eigenvalue weighted by Gasteiger charge is -2.35. The van der Waals surface area contributed by atoms with Gasteiger partial charge in [0.15, 0.2) is 0 Å². The molecule has 4 rings (SSSR count). The molecule has 0 spiro atoms. The van der Waals surface area contributed by atoms with Crippen molar-refractivity contribution in [2.45, 2.75) is 45.1 Å². The molecule has 14 heavy (non-hydrogen) atoms. The van der Waals surface area contributed by atoms with Crippen molar-refractivity contribution >= 4 is 5.78 Å². The van der Waals surface area contributed by atoms with E-state index in [0.29, 0.717) is 17.7 Å². The summed E-state index contributed by atoms with van der Waals surface area (Å²) >= 11 is 0. The first kappa shape index (κ1) is 8.90. The average molecular weight is 193 g/mol. The molecule has 5 atom stereocenters. The van der Waals surface area contributed by atoms with Crippen LogP contribution in [-0.4, -0.2) is 11.8 Å². The molecule has 4 bridgehead atoms. The van der Waals surface area contributed by atoms with Crippen LogP contribution in [0.1, 0.15) is 39.0 Å². The molecule has 0 aromatic carbocycles. The molecule has 0 aromatic heterocycles. The van der Waals surface area contributed by atoms with Gasteiger partial charge >= 0.3 is 0 Å². The van der Waals surface area contributed by atoms with E-state index in [1.165, 1.54) is 19.3 Å². The van der Waals surface area contributed by atoms with Gasteiger partial charge in [-0.25, -0.2) is 0 Å². The van der Waals surface area contributed by atoms with E-state index >= 15 is 0 Å². The summed E-state index contributed by atoms with van der Waals surface area (Å²) in [4.78, 5) is 11.9. The summed E-state index contributed by atoms with van der Waals surface area (Å²) in [5.74, 6) is 2.78. The first-order valence-corrected chi connectivity index (χ1v) is 5.88. The molecule has 2 nitrogen and oxygen atoms in total. The third-order valence-corrected chi connectivity index (χ3v) is 5.18. The fraction of sp³-hybridized carbons (Fsp3) is 0.917. The quantitative estimate of drug-likeness (QED) is 0.689. The predicted octanol–water partition coefficient (Wildman–Crippen LogP) is 1.73. The molecule has 2 heteroatoms. The van der Waals surface area contributed by atoms with Crippen molar-refractivity contribution in [2.24, 2.45) is 28.9 Å². The lowest BCUT2D eigenvalue weighted by molar-refractivity contribution is -0.130. The number of rotatable bonds is 1. The van der Waals surface area contributed by atoms with Gasteiger partial charge in [0.2, 0.25) is 0 Å². The minimum atomic E-state index is 0.0110. The molecule has 0 saturated heterocycles. The maximum Gasteiger partial charge on any atom is 0.136 e. The van der Waals surface area contributed by atoms with Crippen LogP contribution in [0, 0.1) is 23.2 Å². The summed E-state index contributed by atoms with van der Waals surface area (Å²) in [6, 6.07) is 0.291. The lowest BCUT2D eigenvalue weighted by atomic mass is 9.68. The normalized spacial score (nSPS) is 55.0. The highest BCUT2D eigenvalue weighted by atomic mass is 16.1. The number of hydrogen-bond acceptors (Lipinski definition) is 2. The second-order valence-corrected chi connectivity index (χ2v) is 5.80. The topological polar surface area (TPSA) is 43.1 Å². The van der Waals surface area contributed by atoms with Crippen molar-refractivity contribution < 1.29 is 4.79 Å². The average Bonchev–Trinajstić information content (AvgIpc) is 2.53. The Balaban J connectivity index is 2.01. The van der Waals surface area contributed by atoms with Gasteiger partial charge in [0.05, 0.1) is 0 Å². The van der Waals surface area contributed by atoms with Gasteiger partial charge in [-0.1, -0.05) is 0 Å². The summed E-state index contributed by atoms with van der Waals surface area (Å²) in [7, 11) is 0. The summed E-state index contributed by atoms with van der Waals surface area (Å²) in [6.07, 6.45) is 5.91. The number of carbonyl (C=O) groups excluding carboxylic acids is 1. The van der Waals surface area contributed by atoms with Crippen molar-refractivity contribution in [3.05, 3.63) is 0 Å². The molecule has 4 fully saturated rings. The Labute approximate surface area is 85.2 Å². The van der Waals surface area contributed by atoms with E-state index in [0.717, 1.165) is 24.7 Å². The molecule has 4 saturated carbocycles. The molecule has 0 aliphatic heterocycles. The number of carbonyl (C=O) groups is 1. The maximum absolute atomic E-state index is 11.9. The minimum Gasteiger partial charge on any atom is -0.328 e. The minimum absolute atomic E-state index is 0.0110. The fourth-order valence-corrected chi connectivity index (χ4v) is 4.60. The largest absolute Gasteiger partial charge is 0.328 e. The van der Waals surface area contributed by atoms with Crippen LogP contribution in [0.4, 0.5) is 0 Å². The van der Waals surface area contributed by atoms with E-state index in [4.69, 9.17) is 5.73 Å². The van der Waals surface area contributed by atoms with Crippen LogP contribution < -0.4 is 5.73 Å². The zero-order valence-electron chi connectivity index (χ0n) is 8.83. The van der Waals surface area contributed by atoms with Crippen LogP contribution in [0.15, 0.2) is 0 Å². The number of Topliss-reactive ketones (excluding diaryl/α,β-unsaturated/α-hetero) is 1. The SMILES string of the molecule is CC(=O)C12CC(N)CC3CC1CC3C2. The van der Waals surface area contributed by atoms with Gasteiger partial charge in [-0.3, -0.25) is 4.79 Å². The predicted molar refractivity (Wildman–Crippen MR) is 54.6 cm³/mol. The van der Waals surface area contributed by atoms with Crippen molar-refractivity contribution in [1.82, 2.24) is 0 Å². The summed E-state index contributed by atoms with van der Waals surface area (Å²) < 4.78 is 0. The van der Waals surface area contributed by atoms with E-state index in [2.05, 4.69) is 0 Å². The molecule has 78 valence electrons. The van der Waals surface area contributed by atoms with Crippen LogP contribution in [0.5, 0.6) is 0 Å². The second-order valence-electron chi connectivity index (χ2n) is 5.80. The molecular weight excluding hydrogens is 174 g/mol. The Kier molecular flexibility index (Phi) is 1.65. The van der Waals surface area contributed by atoms with Gasteiger partial charge < -0.3 is 5.73 Å². The van der Waals surface area contributed by atoms with Crippen LogP contribution in [0.3, 0.4) is 0 Å². The highest BCUT2D eigenvalue weighted by Crippen LogP contribution is 2.63. The monoisotopic (exact) mass is 193 g/mol. The molecule has 5 unspecified atom stereocenters. The maximum atomic E-state index is 11.9. The van der Waals surface area contributed by atoms with Crippen molar-refractivity contribution in [3.8, 4) is 0 Å². The highest BCUT2D eigenvalue weighted by molar-refractivity contribution is 5.83. The van der Waals surface area contributed by atoms with E-state index in [-0.39, 0.29) is 5.41 Å². The van der Waals surface area contributed by atoms with Gasteiger partial charge in [-0.05, 0) is 56.8 Å². The first-order valence-electron chi connectivity index (χ1n) is 5.88. The molecule has 4 aliphatic carbocycles. The number of hydrogen-bond donors (Lipinski definition) is 1. The number of nitrogens with two attached hydrogens (primary N) is 1. The zero-order chi connectivity index (χ0) is 9.92. The lowest BCUT2D eigenvalue weighted by Crippen LogP contribution is -2.37. The van der Waals surface area contributed by atoms with Crippen LogP contribution in [0.25, 0.3) is 0 Å². The Bertz CT molecular complexity index is 288. The number of fused-ring (bicyclic) bond motifs is 2. The van der Waals surface area contributed by atoms with E-state index in [1.54, 1.807) is 6.92 Å². The molecule has 0 amide bonds. The van der Waals surface area contributed by atoms with Crippen molar-refractivity contribution in [1.29, 1.82) is 0 Å². The Hall–Kier alpha value is -0.370. The van der Waals surface area contributed by atoms with Crippen molar-refractivity contribution in [3.63, 3.8) is 0 Å². The zero-order valence-corrected chi connectivity index (χ0v) is 8.83. The molecule has 0 aromatic rings. The van der Waals surface area contributed by atoms with E-state index in [9.17, 15) is 4.79 Å². The molecule has 0 radical (unpaired) electrons. The van der Waals surface area contributed by atoms with Crippen LogP contribution >= 0.6 is 0 Å². The summed E-state index contributed by atoms with van der Waals surface area (Å²) in [6.45, 7) is 1.79. The van der Waals surface area contributed by atoms with Gasteiger partial charge in [0, 0.05) is 11.5 Å². The van der Waals surface area contributed by atoms with Crippen molar-refractivity contribution in [2.75, 3.05) is 0 Å². The summed E-state index contributed by atoms with van der Waals surface area (Å²) in [5, 5.41) is 0. The van der Waals surface area contributed by atoms with Gasteiger partial charge in [-0.15, -0.1) is 0 Å².